The van der Waals surface area contributed by atoms with Gasteiger partial charge in [-0.05, 0) is 25.1 Å². The number of hydrogen-bond acceptors (Lipinski definition) is 4. The number of benzene rings is 1. The van der Waals surface area contributed by atoms with E-state index in [4.69, 9.17) is 0 Å². The third-order valence-electron chi connectivity index (χ3n) is 2.63. The summed E-state index contributed by atoms with van der Waals surface area (Å²) in [7, 11) is 0. The van der Waals surface area contributed by atoms with Crippen molar-refractivity contribution in [1.82, 2.24) is 4.98 Å². The highest BCUT2D eigenvalue weighted by Gasteiger charge is 2.22. The first-order valence-electron chi connectivity index (χ1n) is 5.57. The Morgan fingerprint density at radius 3 is 2.74 bits per heavy atom. The Labute approximate surface area is 116 Å². The molecule has 2 aromatic rings. The molecule has 98 valence electrons. The molecule has 1 N–H and O–H groups in total. The fraction of sp³-hybridized carbons (Fsp3) is 0.214. The highest BCUT2D eigenvalue weighted by molar-refractivity contribution is 7.12. The van der Waals surface area contributed by atoms with Crippen molar-refractivity contribution < 1.29 is 4.79 Å². The van der Waals surface area contributed by atoms with Gasteiger partial charge in [-0.15, -0.1) is 11.3 Å². The number of amides is 1. The molecular weight excluding hydrogens is 258 g/mol. The Bertz CT molecular complexity index is 673. The highest BCUT2D eigenvalue weighted by Crippen LogP contribution is 2.35. The summed E-state index contributed by atoms with van der Waals surface area (Å²) < 4.78 is 0. The normalized spacial score (nSPS) is 11.8. The summed E-state index contributed by atoms with van der Waals surface area (Å²) in [5, 5.41) is 5.71. The van der Waals surface area contributed by atoms with E-state index < -0.39 is 0 Å². The van der Waals surface area contributed by atoms with Crippen LogP contribution in [-0.4, -0.2) is 16.6 Å². The molecule has 0 atom stereocenters. The molecule has 1 aromatic heterocycles. The lowest BCUT2D eigenvalue weighted by molar-refractivity contribution is -0.114. The van der Waals surface area contributed by atoms with Crippen LogP contribution < -0.4 is 5.32 Å². The predicted molar refractivity (Wildman–Crippen MR) is 79.6 cm³/mol. The Kier molecular flexibility index (Phi) is 3.48. The fourth-order valence-corrected chi connectivity index (χ4v) is 2.66. The van der Waals surface area contributed by atoms with Crippen molar-refractivity contribution in [1.29, 1.82) is 0 Å². The van der Waals surface area contributed by atoms with E-state index in [-0.39, 0.29) is 13.3 Å². The average Bonchev–Trinajstić information content (AvgIpc) is 2.67. The first kappa shape index (κ1) is 13.4. The van der Waals surface area contributed by atoms with Crippen molar-refractivity contribution in [2.75, 3.05) is 5.32 Å². The third kappa shape index (κ3) is 2.42. The van der Waals surface area contributed by atoms with E-state index in [1.54, 1.807) is 11.3 Å². The number of nitrogens with zero attached hydrogens (tertiary/aromatic N) is 2. The van der Waals surface area contributed by atoms with Crippen molar-refractivity contribution in [3.63, 3.8) is 0 Å². The van der Waals surface area contributed by atoms with E-state index in [1.165, 1.54) is 6.92 Å². The second-order valence-corrected chi connectivity index (χ2v) is 5.03. The van der Waals surface area contributed by atoms with Gasteiger partial charge < -0.3 is 5.32 Å². The van der Waals surface area contributed by atoms with Crippen LogP contribution >= 0.6 is 11.3 Å². The van der Waals surface area contributed by atoms with Crippen LogP contribution in [-0.2, 0) is 4.79 Å². The lowest BCUT2D eigenvalue weighted by Gasteiger charge is -2.17. The summed E-state index contributed by atoms with van der Waals surface area (Å²) in [6.07, 6.45) is 0. The van der Waals surface area contributed by atoms with Crippen molar-refractivity contribution in [2.24, 2.45) is 4.99 Å². The van der Waals surface area contributed by atoms with E-state index >= 15 is 0 Å². The van der Waals surface area contributed by atoms with E-state index in [1.807, 2.05) is 30.5 Å². The van der Waals surface area contributed by atoms with Gasteiger partial charge in [0.15, 0.2) is 0 Å². The molecule has 5 heteroatoms. The fourth-order valence-electron chi connectivity index (χ4n) is 1.86. The Balaban J connectivity index is 0.00000133. The minimum absolute atomic E-state index is 0. The summed E-state index contributed by atoms with van der Waals surface area (Å²) >= 11 is 1.60. The minimum atomic E-state index is -0.0750. The Hall–Kier alpha value is -2.01. The van der Waals surface area contributed by atoms with Gasteiger partial charge in [-0.25, -0.2) is 9.98 Å². The monoisotopic (exact) mass is 273 g/mol. The van der Waals surface area contributed by atoms with Crippen LogP contribution in [0.5, 0.6) is 0 Å². The topological polar surface area (TPSA) is 54.4 Å². The van der Waals surface area contributed by atoms with Crippen LogP contribution in [0.2, 0.25) is 0 Å². The zero-order valence-electron chi connectivity index (χ0n) is 10.0. The number of carbonyl (C=O) groups excluding carboxylic acids is 1. The summed E-state index contributed by atoms with van der Waals surface area (Å²) in [5.74, 6) is -0.0750. The lowest BCUT2D eigenvalue weighted by atomic mass is 10.0. The van der Waals surface area contributed by atoms with E-state index in [9.17, 15) is 4.79 Å². The first-order chi connectivity index (χ1) is 8.63. The van der Waals surface area contributed by atoms with Gasteiger partial charge in [0, 0.05) is 29.2 Å². The quantitative estimate of drug-likeness (QED) is 0.776. The minimum Gasteiger partial charge on any atom is -0.326 e. The number of carbonyl (C=O) groups is 1. The number of hydrogen-bond donors (Lipinski definition) is 1. The Morgan fingerprint density at radius 1 is 1.37 bits per heavy atom. The summed E-state index contributed by atoms with van der Waals surface area (Å²) in [5.41, 5.74) is 4.74. The zero-order valence-corrected chi connectivity index (χ0v) is 10.8. The molecular formula is C14H15N3OS. The molecule has 1 amide bonds. The molecule has 0 unspecified atom stereocenters. The molecule has 0 bridgehead atoms. The number of rotatable bonds is 2. The van der Waals surface area contributed by atoms with Crippen LogP contribution in [0.4, 0.5) is 11.4 Å². The van der Waals surface area contributed by atoms with Crippen LogP contribution in [0.1, 0.15) is 30.6 Å². The maximum atomic E-state index is 11.0. The second kappa shape index (κ2) is 4.93. The summed E-state index contributed by atoms with van der Waals surface area (Å²) in [6, 6.07) is 5.73. The van der Waals surface area contributed by atoms with Crippen LogP contribution in [0.3, 0.4) is 0 Å². The average molecular weight is 273 g/mol. The van der Waals surface area contributed by atoms with Gasteiger partial charge in [0.05, 0.1) is 5.69 Å². The molecule has 1 aliphatic heterocycles. The molecule has 0 saturated carbocycles. The first-order valence-corrected chi connectivity index (χ1v) is 6.44. The van der Waals surface area contributed by atoms with Gasteiger partial charge >= 0.3 is 0 Å². The molecule has 1 aliphatic rings. The lowest BCUT2D eigenvalue weighted by Crippen LogP contribution is -2.12. The van der Waals surface area contributed by atoms with Crippen LogP contribution in [0.15, 0.2) is 28.6 Å². The molecule has 0 fully saturated rings. The number of fused-ring (bicyclic) bond motifs is 1. The van der Waals surface area contributed by atoms with E-state index in [2.05, 4.69) is 15.3 Å². The van der Waals surface area contributed by atoms with Gasteiger partial charge in [-0.2, -0.15) is 0 Å². The molecule has 0 aliphatic carbocycles. The Morgan fingerprint density at radius 2 is 2.16 bits per heavy atom. The maximum absolute atomic E-state index is 11.0. The molecule has 4 nitrogen and oxygen atoms in total. The maximum Gasteiger partial charge on any atom is 0.221 e. The van der Waals surface area contributed by atoms with Gasteiger partial charge in [0.2, 0.25) is 5.91 Å². The number of thiazole rings is 1. The number of nitrogens with one attached hydrogen (secondary N) is 1. The number of aromatic nitrogens is 1. The molecule has 0 radical (unpaired) electrons. The number of anilines is 1. The van der Waals surface area contributed by atoms with Crippen LogP contribution in [0, 0.1) is 6.92 Å². The van der Waals surface area contributed by atoms with Crippen molar-refractivity contribution >= 4 is 34.3 Å². The zero-order chi connectivity index (χ0) is 12.7. The van der Waals surface area contributed by atoms with Gasteiger partial charge in [-0.3, -0.25) is 4.79 Å². The van der Waals surface area contributed by atoms with E-state index in [0.717, 1.165) is 33.4 Å². The molecule has 1 aromatic carbocycles. The standard InChI is InChI=1S/C13H11N3OS.CH4/c1-7-6-18-13(14-7)12-10-4-3-9(15-8(2)17)5-11(10)16-12;/h3-6H,1-2H3,(H,15,17);1H4. The number of aliphatic imine (C=N–C) groups is 1. The largest absolute Gasteiger partial charge is 0.326 e. The molecule has 2 heterocycles. The van der Waals surface area contributed by atoms with Gasteiger partial charge in [0.25, 0.3) is 0 Å². The molecule has 19 heavy (non-hydrogen) atoms. The summed E-state index contributed by atoms with van der Waals surface area (Å²) in [4.78, 5) is 19.8. The van der Waals surface area contributed by atoms with Gasteiger partial charge in [0.1, 0.15) is 10.7 Å². The predicted octanol–water partition coefficient (Wildman–Crippen LogP) is 3.53. The second-order valence-electron chi connectivity index (χ2n) is 4.17. The highest BCUT2D eigenvalue weighted by atomic mass is 32.1. The van der Waals surface area contributed by atoms with Crippen LogP contribution in [0.25, 0.3) is 0 Å². The van der Waals surface area contributed by atoms with E-state index in [0.29, 0.717) is 0 Å². The number of aryl methyl sites for hydroxylation is 1. The molecule has 0 saturated heterocycles. The molecule has 3 rings (SSSR count). The van der Waals surface area contributed by atoms with Crippen molar-refractivity contribution in [3.05, 3.63) is 39.8 Å². The SMILES string of the molecule is C.CC(=O)Nc1ccc2c(c1)N=C2c1nc(C)cs1. The van der Waals surface area contributed by atoms with Crippen molar-refractivity contribution in [3.8, 4) is 0 Å². The van der Waals surface area contributed by atoms with Crippen molar-refractivity contribution in [2.45, 2.75) is 21.3 Å². The smallest absolute Gasteiger partial charge is 0.221 e. The summed E-state index contributed by atoms with van der Waals surface area (Å²) in [6.45, 7) is 3.46. The third-order valence-corrected chi connectivity index (χ3v) is 3.59. The molecule has 0 spiro atoms. The van der Waals surface area contributed by atoms with Gasteiger partial charge in [-0.1, -0.05) is 7.43 Å².